The smallest absolute Gasteiger partial charge is 0.220 e. The Bertz CT molecular complexity index is 1260. The molecule has 0 unspecified atom stereocenters. The Morgan fingerprint density at radius 3 is 2.81 bits per heavy atom. The van der Waals surface area contributed by atoms with Crippen LogP contribution in [-0.4, -0.2) is 49.4 Å². The number of hydrogen-bond acceptors (Lipinski definition) is 6. The fraction of sp³-hybridized carbons (Fsp3) is 0.407. The van der Waals surface area contributed by atoms with Crippen LogP contribution in [0.4, 0.5) is 0 Å². The second-order valence-electron chi connectivity index (χ2n) is 8.89. The van der Waals surface area contributed by atoms with Crippen LogP contribution in [-0.2, 0) is 25.5 Å². The van der Waals surface area contributed by atoms with Crippen molar-refractivity contribution >= 4 is 46.4 Å². The first kappa shape index (κ1) is 26.6. The van der Waals surface area contributed by atoms with E-state index in [2.05, 4.69) is 27.0 Å². The Kier molecular flexibility index (Phi) is 8.01. The molecular formula is C27H25ClINO6. The highest BCUT2D eigenvalue weighted by Gasteiger charge is 2.63. The lowest BCUT2D eigenvalue weighted by Crippen LogP contribution is -2.52. The van der Waals surface area contributed by atoms with E-state index in [1.165, 1.54) is 7.11 Å². The number of halogens is 2. The highest BCUT2D eigenvalue weighted by Crippen LogP contribution is 2.51. The van der Waals surface area contributed by atoms with Gasteiger partial charge in [0, 0.05) is 41.1 Å². The van der Waals surface area contributed by atoms with E-state index in [1.54, 1.807) is 18.2 Å². The lowest BCUT2D eigenvalue weighted by atomic mass is 9.87. The molecule has 2 aliphatic heterocycles. The van der Waals surface area contributed by atoms with Crippen LogP contribution in [0.15, 0.2) is 35.4 Å². The number of aryl methyl sites for hydroxylation is 1. The summed E-state index contributed by atoms with van der Waals surface area (Å²) in [6.45, 7) is 3.83. The van der Waals surface area contributed by atoms with Gasteiger partial charge >= 0.3 is 0 Å². The maximum absolute atomic E-state index is 12.3. The van der Waals surface area contributed by atoms with Gasteiger partial charge in [-0.05, 0) is 54.2 Å². The Morgan fingerprint density at radius 1 is 1.28 bits per heavy atom. The fourth-order valence-corrected chi connectivity index (χ4v) is 5.17. The molecule has 0 aromatic heterocycles. The second kappa shape index (κ2) is 10.9. The fourth-order valence-electron chi connectivity index (χ4n) is 4.59. The molecule has 2 heterocycles. The van der Waals surface area contributed by atoms with E-state index in [-0.39, 0.29) is 24.4 Å². The summed E-state index contributed by atoms with van der Waals surface area (Å²) in [4.78, 5) is 24.0. The summed E-state index contributed by atoms with van der Waals surface area (Å²) >= 11 is 8.74. The molecule has 36 heavy (non-hydrogen) atoms. The van der Waals surface area contributed by atoms with Gasteiger partial charge in [-0.1, -0.05) is 35.6 Å². The summed E-state index contributed by atoms with van der Waals surface area (Å²) in [5, 5.41) is 3.11. The minimum Gasteiger partial charge on any atom is -0.493 e. The van der Waals surface area contributed by atoms with E-state index in [1.807, 2.05) is 42.5 Å². The number of carbonyl (C=O) groups excluding carboxylic acids is 2. The van der Waals surface area contributed by atoms with Crippen LogP contribution in [0.3, 0.4) is 0 Å². The van der Waals surface area contributed by atoms with Crippen LogP contribution in [0.1, 0.15) is 32.3 Å². The van der Waals surface area contributed by atoms with Crippen molar-refractivity contribution in [2.75, 3.05) is 13.7 Å². The van der Waals surface area contributed by atoms with E-state index in [0.29, 0.717) is 41.2 Å². The summed E-state index contributed by atoms with van der Waals surface area (Å²) in [7, 11) is 1.52. The third-order valence-electron chi connectivity index (χ3n) is 6.16. The molecule has 1 aromatic rings. The maximum Gasteiger partial charge on any atom is 0.220 e. The maximum atomic E-state index is 12.3. The summed E-state index contributed by atoms with van der Waals surface area (Å²) in [6, 6.07) is 3.56. The van der Waals surface area contributed by atoms with Crippen LogP contribution in [0.5, 0.6) is 11.5 Å². The number of hydrogen-bond donors (Lipinski definition) is 1. The van der Waals surface area contributed by atoms with Crippen LogP contribution in [0, 0.1) is 21.7 Å². The Morgan fingerprint density at radius 2 is 2.08 bits per heavy atom. The predicted molar refractivity (Wildman–Crippen MR) is 143 cm³/mol. The summed E-state index contributed by atoms with van der Waals surface area (Å²) in [5.41, 5.74) is 0.392. The molecule has 0 saturated carbocycles. The molecule has 1 amide bonds. The van der Waals surface area contributed by atoms with Crippen LogP contribution in [0.2, 0.25) is 5.02 Å². The summed E-state index contributed by atoms with van der Waals surface area (Å²) in [6.07, 6.45) is 3.96. The normalized spacial score (nSPS) is 28.3. The molecular weight excluding hydrogens is 597 g/mol. The van der Waals surface area contributed by atoms with Gasteiger partial charge in [0.25, 0.3) is 0 Å². The Balaban J connectivity index is 1.91. The third-order valence-corrected chi connectivity index (χ3v) is 6.88. The number of amides is 1. The van der Waals surface area contributed by atoms with Gasteiger partial charge in [-0.25, -0.2) is 0 Å². The Labute approximate surface area is 229 Å². The number of nitrogens with one attached hydrogen (secondary N) is 1. The number of fused-ring (bicyclic) bond motifs is 2. The van der Waals surface area contributed by atoms with E-state index in [0.717, 1.165) is 5.56 Å². The van der Waals surface area contributed by atoms with Crippen molar-refractivity contribution in [1.29, 1.82) is 0 Å². The van der Waals surface area contributed by atoms with Crippen molar-refractivity contribution in [2.24, 2.45) is 0 Å². The lowest BCUT2D eigenvalue weighted by Gasteiger charge is -2.35. The molecule has 4 rings (SSSR count). The summed E-state index contributed by atoms with van der Waals surface area (Å²) < 4.78 is 27.7. The summed E-state index contributed by atoms with van der Waals surface area (Å²) in [5.74, 6) is 8.72. The standard InChI is InChI=1S/C27H25ClINO6/c1-26(2)35-22-10-8-19-7-4-17(16-31)13-15-30-23(32)11-6-18-5-9-20(33-3)25(24(18)28)34-21(12-14-29)27(19,22)36-26/h5,8-9,13,16,21-22H,6,10-11,15H2,1-3H3,(H,30,32)/b17-13-/t21-,22-,27-/m1/s1. The second-order valence-corrected chi connectivity index (χ2v) is 9.81. The van der Waals surface area contributed by atoms with Gasteiger partial charge in [-0.3, -0.25) is 9.59 Å². The van der Waals surface area contributed by atoms with Gasteiger partial charge in [0.1, 0.15) is 6.10 Å². The molecule has 1 aliphatic carbocycles. The van der Waals surface area contributed by atoms with E-state index in [9.17, 15) is 9.59 Å². The minimum absolute atomic E-state index is 0.175. The molecule has 9 heteroatoms. The molecule has 1 fully saturated rings. The van der Waals surface area contributed by atoms with Crippen LogP contribution in [0.25, 0.3) is 0 Å². The number of rotatable bonds is 2. The molecule has 2 bridgehead atoms. The highest BCUT2D eigenvalue weighted by atomic mass is 127. The van der Waals surface area contributed by atoms with Crippen molar-refractivity contribution in [2.45, 2.75) is 56.7 Å². The van der Waals surface area contributed by atoms with Crippen molar-refractivity contribution in [3.8, 4) is 33.2 Å². The average Bonchev–Trinajstić information content (AvgIpc) is 3.31. The van der Waals surface area contributed by atoms with Gasteiger partial charge in [0.2, 0.25) is 5.91 Å². The van der Waals surface area contributed by atoms with Gasteiger partial charge < -0.3 is 24.3 Å². The van der Waals surface area contributed by atoms with Crippen molar-refractivity contribution in [3.05, 3.63) is 46.0 Å². The lowest BCUT2D eigenvalue weighted by molar-refractivity contribution is -0.166. The molecule has 7 nitrogen and oxygen atoms in total. The van der Waals surface area contributed by atoms with E-state index >= 15 is 0 Å². The minimum atomic E-state index is -1.17. The molecule has 1 saturated heterocycles. The van der Waals surface area contributed by atoms with E-state index in [4.69, 9.17) is 30.5 Å². The largest absolute Gasteiger partial charge is 0.493 e. The average molecular weight is 622 g/mol. The molecule has 1 spiro atoms. The molecule has 1 aromatic carbocycles. The van der Waals surface area contributed by atoms with Crippen molar-refractivity contribution < 1.29 is 28.5 Å². The number of allylic oxidation sites excluding steroid dienone is 1. The predicted octanol–water partition coefficient (Wildman–Crippen LogP) is 3.90. The van der Waals surface area contributed by atoms with Crippen molar-refractivity contribution in [1.82, 2.24) is 5.32 Å². The number of aldehydes is 1. The zero-order chi connectivity index (χ0) is 25.9. The molecule has 3 atom stereocenters. The third kappa shape index (κ3) is 5.14. The Hall–Kier alpha value is -2.50. The topological polar surface area (TPSA) is 83.1 Å². The zero-order valence-electron chi connectivity index (χ0n) is 20.1. The first-order valence-electron chi connectivity index (χ1n) is 11.4. The number of ether oxygens (including phenoxy) is 4. The van der Waals surface area contributed by atoms with Gasteiger partial charge in [0.05, 0.1) is 17.7 Å². The quantitative estimate of drug-likeness (QED) is 0.307. The molecule has 3 aliphatic rings. The molecule has 188 valence electrons. The van der Waals surface area contributed by atoms with Crippen molar-refractivity contribution in [3.63, 3.8) is 0 Å². The zero-order valence-corrected chi connectivity index (χ0v) is 23.0. The molecule has 0 radical (unpaired) electrons. The van der Waals surface area contributed by atoms with Crippen LogP contribution < -0.4 is 14.8 Å². The SMILES string of the molecule is COc1ccc2c(Cl)c1O[C@H](C#CI)[C@@]13OC(C)(C)O[C@@H]1CC=C3C#C/C(C=O)=C/CNC(=O)CC2. The van der Waals surface area contributed by atoms with Gasteiger partial charge in [-0.2, -0.15) is 0 Å². The van der Waals surface area contributed by atoms with Gasteiger partial charge in [0.15, 0.2) is 35.3 Å². The van der Waals surface area contributed by atoms with Gasteiger partial charge in [-0.15, -0.1) is 0 Å². The van der Waals surface area contributed by atoms with E-state index < -0.39 is 23.6 Å². The number of carbonyl (C=O) groups is 2. The first-order valence-corrected chi connectivity index (χ1v) is 12.9. The first-order chi connectivity index (χ1) is 17.2. The number of benzene rings is 1. The number of methoxy groups -OCH3 is 1. The van der Waals surface area contributed by atoms with Crippen LogP contribution >= 0.6 is 34.2 Å². The monoisotopic (exact) mass is 621 g/mol. The highest BCUT2D eigenvalue weighted by molar-refractivity contribution is 14.1. The molecule has 1 N–H and O–H groups in total.